The van der Waals surface area contributed by atoms with Crippen LogP contribution in [-0.2, 0) is 4.79 Å². The molecule has 0 radical (unpaired) electrons. The fourth-order valence-electron chi connectivity index (χ4n) is 2.27. The van der Waals surface area contributed by atoms with Gasteiger partial charge in [-0.3, -0.25) is 4.79 Å². The zero-order chi connectivity index (χ0) is 15.2. The first-order valence-electron chi connectivity index (χ1n) is 6.84. The molecule has 112 valence electrons. The number of hydrogen-bond acceptors (Lipinski definition) is 2. The van der Waals surface area contributed by atoms with Gasteiger partial charge in [-0.25, -0.2) is 4.79 Å². The summed E-state index contributed by atoms with van der Waals surface area (Å²) in [5, 5.41) is 3.33. The molecule has 0 atom stereocenters. The Bertz CT molecular complexity index is 552. The number of carbonyl (C=O) groups excluding carboxylic acids is 2. The maximum absolute atomic E-state index is 12.0. The summed E-state index contributed by atoms with van der Waals surface area (Å²) in [7, 11) is 0. The van der Waals surface area contributed by atoms with Gasteiger partial charge in [0, 0.05) is 30.2 Å². The lowest BCUT2D eigenvalue weighted by molar-refractivity contribution is -0.122. The van der Waals surface area contributed by atoms with Crippen LogP contribution in [0.5, 0.6) is 0 Å². The lowest BCUT2D eigenvalue weighted by Crippen LogP contribution is -2.45. The molecule has 3 N–H and O–H groups in total. The Kier molecular flexibility index (Phi) is 5.22. The van der Waals surface area contributed by atoms with Gasteiger partial charge in [0.25, 0.3) is 0 Å². The van der Waals surface area contributed by atoms with E-state index in [4.69, 9.17) is 17.3 Å². The van der Waals surface area contributed by atoms with Gasteiger partial charge >= 0.3 is 6.03 Å². The average molecular weight is 308 g/mol. The van der Waals surface area contributed by atoms with E-state index in [9.17, 15) is 9.59 Å². The molecule has 0 aliphatic carbocycles. The van der Waals surface area contributed by atoms with Gasteiger partial charge in [-0.05, 0) is 30.5 Å². The highest BCUT2D eigenvalue weighted by Gasteiger charge is 2.25. The molecule has 1 aromatic rings. The average Bonchev–Trinajstić information content (AvgIpc) is 2.49. The Hall–Kier alpha value is -2.01. The van der Waals surface area contributed by atoms with Gasteiger partial charge in [0.15, 0.2) is 0 Å². The molecule has 1 saturated heterocycles. The number of amides is 3. The molecule has 2 rings (SSSR count). The second-order valence-corrected chi connectivity index (χ2v) is 5.38. The quantitative estimate of drug-likeness (QED) is 0.898. The number of primary amides is 1. The van der Waals surface area contributed by atoms with Crippen molar-refractivity contribution >= 4 is 29.6 Å². The summed E-state index contributed by atoms with van der Waals surface area (Å²) >= 11 is 6.02. The molecule has 1 heterocycles. The minimum Gasteiger partial charge on any atom is -0.369 e. The SMILES string of the molecule is NC(=O)C1CCN(C(=O)N/C=C/c2ccccc2Cl)CC1. The Labute approximate surface area is 128 Å². The van der Waals surface area contributed by atoms with E-state index in [2.05, 4.69) is 5.32 Å². The van der Waals surface area contributed by atoms with E-state index in [1.807, 2.05) is 18.2 Å². The fourth-order valence-corrected chi connectivity index (χ4v) is 2.47. The predicted molar refractivity (Wildman–Crippen MR) is 82.5 cm³/mol. The van der Waals surface area contributed by atoms with Crippen molar-refractivity contribution in [3.63, 3.8) is 0 Å². The number of nitrogens with zero attached hydrogens (tertiary/aromatic N) is 1. The molecule has 0 spiro atoms. The van der Waals surface area contributed by atoms with Crippen LogP contribution in [0, 0.1) is 5.92 Å². The molecule has 0 saturated carbocycles. The Balaban J connectivity index is 1.83. The van der Waals surface area contributed by atoms with Crippen molar-refractivity contribution in [1.29, 1.82) is 0 Å². The Morgan fingerprint density at radius 1 is 1.29 bits per heavy atom. The van der Waals surface area contributed by atoms with Crippen LogP contribution < -0.4 is 11.1 Å². The van der Waals surface area contributed by atoms with E-state index in [1.165, 1.54) is 0 Å². The summed E-state index contributed by atoms with van der Waals surface area (Å²) in [6.45, 7) is 1.08. The van der Waals surface area contributed by atoms with E-state index < -0.39 is 0 Å². The number of benzene rings is 1. The van der Waals surface area contributed by atoms with Gasteiger partial charge in [0.1, 0.15) is 0 Å². The molecule has 5 nitrogen and oxygen atoms in total. The third kappa shape index (κ3) is 4.23. The lowest BCUT2D eigenvalue weighted by Gasteiger charge is -2.30. The van der Waals surface area contributed by atoms with Gasteiger partial charge in [-0.1, -0.05) is 29.8 Å². The highest BCUT2D eigenvalue weighted by Crippen LogP contribution is 2.17. The number of nitrogens with two attached hydrogens (primary N) is 1. The zero-order valence-electron chi connectivity index (χ0n) is 11.6. The lowest BCUT2D eigenvalue weighted by atomic mass is 9.96. The molecular weight excluding hydrogens is 290 g/mol. The van der Waals surface area contributed by atoms with Crippen LogP contribution >= 0.6 is 11.6 Å². The van der Waals surface area contributed by atoms with Crippen LogP contribution in [0.15, 0.2) is 30.5 Å². The van der Waals surface area contributed by atoms with Crippen molar-refractivity contribution in [2.75, 3.05) is 13.1 Å². The molecular formula is C15H18ClN3O2. The molecule has 0 bridgehead atoms. The van der Waals surface area contributed by atoms with E-state index in [0.29, 0.717) is 31.0 Å². The van der Waals surface area contributed by atoms with Gasteiger partial charge in [0.05, 0.1) is 0 Å². The van der Waals surface area contributed by atoms with Crippen LogP contribution in [0.2, 0.25) is 5.02 Å². The van der Waals surface area contributed by atoms with Gasteiger partial charge in [-0.2, -0.15) is 0 Å². The Morgan fingerprint density at radius 2 is 1.95 bits per heavy atom. The molecule has 3 amide bonds. The molecule has 1 aliphatic rings. The van der Waals surface area contributed by atoms with Gasteiger partial charge in [-0.15, -0.1) is 0 Å². The molecule has 21 heavy (non-hydrogen) atoms. The normalized spacial score (nSPS) is 16.1. The largest absolute Gasteiger partial charge is 0.369 e. The van der Waals surface area contributed by atoms with Crippen LogP contribution in [-0.4, -0.2) is 29.9 Å². The second kappa shape index (κ2) is 7.13. The third-order valence-corrected chi connectivity index (χ3v) is 3.90. The summed E-state index contributed by atoms with van der Waals surface area (Å²) in [5.74, 6) is -0.401. The summed E-state index contributed by atoms with van der Waals surface area (Å²) in [6, 6.07) is 7.20. The highest BCUT2D eigenvalue weighted by molar-refractivity contribution is 6.32. The topological polar surface area (TPSA) is 75.4 Å². The maximum atomic E-state index is 12.0. The maximum Gasteiger partial charge on any atom is 0.321 e. The number of hydrogen-bond donors (Lipinski definition) is 2. The minimum atomic E-state index is -0.284. The van der Waals surface area contributed by atoms with Crippen molar-refractivity contribution in [2.24, 2.45) is 11.7 Å². The summed E-state index contributed by atoms with van der Waals surface area (Å²) in [5.41, 5.74) is 6.11. The number of rotatable bonds is 3. The number of piperidine rings is 1. The first-order valence-corrected chi connectivity index (χ1v) is 7.21. The predicted octanol–water partition coefficient (Wildman–Crippen LogP) is 2.22. The number of halogens is 1. The van der Waals surface area contributed by atoms with Crippen LogP contribution in [0.3, 0.4) is 0 Å². The first-order chi connectivity index (χ1) is 10.1. The van der Waals surface area contributed by atoms with Crippen molar-refractivity contribution in [3.05, 3.63) is 41.1 Å². The summed E-state index contributed by atoms with van der Waals surface area (Å²) < 4.78 is 0. The van der Waals surface area contributed by atoms with Crippen LogP contribution in [0.25, 0.3) is 6.08 Å². The molecule has 1 fully saturated rings. The Morgan fingerprint density at radius 3 is 2.57 bits per heavy atom. The van der Waals surface area contributed by atoms with Crippen molar-refractivity contribution < 1.29 is 9.59 Å². The van der Waals surface area contributed by atoms with E-state index in [-0.39, 0.29) is 17.9 Å². The zero-order valence-corrected chi connectivity index (χ0v) is 12.3. The highest BCUT2D eigenvalue weighted by atomic mass is 35.5. The number of likely N-dealkylation sites (tertiary alicyclic amines) is 1. The number of nitrogens with one attached hydrogen (secondary N) is 1. The third-order valence-electron chi connectivity index (χ3n) is 3.56. The smallest absolute Gasteiger partial charge is 0.321 e. The monoisotopic (exact) mass is 307 g/mol. The molecule has 0 aromatic heterocycles. The summed E-state index contributed by atoms with van der Waals surface area (Å²) in [4.78, 5) is 24.7. The van der Waals surface area contributed by atoms with Crippen LogP contribution in [0.4, 0.5) is 4.79 Å². The second-order valence-electron chi connectivity index (χ2n) is 4.97. The van der Waals surface area contributed by atoms with Crippen molar-refractivity contribution in [1.82, 2.24) is 10.2 Å². The van der Waals surface area contributed by atoms with Crippen molar-refractivity contribution in [2.45, 2.75) is 12.8 Å². The van der Waals surface area contributed by atoms with Crippen molar-refractivity contribution in [3.8, 4) is 0 Å². The van der Waals surface area contributed by atoms with Gasteiger partial charge < -0.3 is 16.0 Å². The molecule has 0 unspecified atom stereocenters. The number of urea groups is 1. The number of carbonyl (C=O) groups is 2. The fraction of sp³-hybridized carbons (Fsp3) is 0.333. The van der Waals surface area contributed by atoms with Crippen LogP contribution in [0.1, 0.15) is 18.4 Å². The minimum absolute atomic E-state index is 0.118. The molecule has 1 aromatic carbocycles. The van der Waals surface area contributed by atoms with E-state index in [0.717, 1.165) is 5.56 Å². The summed E-state index contributed by atoms with van der Waals surface area (Å²) in [6.07, 6.45) is 4.56. The molecule has 1 aliphatic heterocycles. The van der Waals surface area contributed by atoms with Gasteiger partial charge in [0.2, 0.25) is 5.91 Å². The standard InChI is InChI=1S/C15H18ClN3O2/c16-13-4-2-1-3-11(13)5-8-18-15(21)19-9-6-12(7-10-19)14(17)20/h1-5,8,12H,6-7,9-10H2,(H2,17,20)(H,18,21)/b8-5+. The molecule has 6 heteroatoms. The van der Waals surface area contributed by atoms with E-state index in [1.54, 1.807) is 23.2 Å². The van der Waals surface area contributed by atoms with E-state index >= 15 is 0 Å². The first kappa shape index (κ1) is 15.4.